The molecule has 3 aromatic rings. The number of carbonyl (C=O) groups is 1. The lowest BCUT2D eigenvalue weighted by molar-refractivity contribution is -0.148. The number of hydrogen-bond donors (Lipinski definition) is 0. The van der Waals surface area contributed by atoms with Crippen LogP contribution in [-0.2, 0) is 16.1 Å². The Labute approximate surface area is 171 Å². The molecule has 0 saturated carbocycles. The summed E-state index contributed by atoms with van der Waals surface area (Å²) in [6.45, 7) is 1.67. The molecule has 0 saturated heterocycles. The van der Waals surface area contributed by atoms with Crippen molar-refractivity contribution in [2.75, 3.05) is 7.11 Å². The number of esters is 1. The molecule has 0 amide bonds. The summed E-state index contributed by atoms with van der Waals surface area (Å²) in [6, 6.07) is 14.8. The Kier molecular flexibility index (Phi) is 5.27. The zero-order valence-corrected chi connectivity index (χ0v) is 16.4. The number of halogens is 1. The average Bonchev–Trinajstić information content (AvgIpc) is 3.12. The molecular weight excluding hydrogens is 391 g/mol. The van der Waals surface area contributed by atoms with Gasteiger partial charge in [-0.05, 0) is 30.7 Å². The topological polar surface area (TPSA) is 75.0 Å². The molecule has 154 valence electrons. The van der Waals surface area contributed by atoms with Gasteiger partial charge in [0.15, 0.2) is 0 Å². The minimum absolute atomic E-state index is 0.0373. The van der Waals surface area contributed by atoms with Crippen molar-refractivity contribution in [2.45, 2.75) is 25.6 Å². The Morgan fingerprint density at radius 3 is 2.70 bits per heavy atom. The molecule has 7 heteroatoms. The first-order chi connectivity index (χ1) is 14.5. The van der Waals surface area contributed by atoms with Crippen molar-refractivity contribution in [1.82, 2.24) is 0 Å². The summed E-state index contributed by atoms with van der Waals surface area (Å²) in [5, 5.41) is 0. The normalized spacial score (nSPS) is 17.2. The van der Waals surface area contributed by atoms with Crippen LogP contribution < -0.4 is 15.1 Å². The van der Waals surface area contributed by atoms with E-state index in [1.807, 2.05) is 0 Å². The molecule has 1 aliphatic heterocycles. The zero-order chi connectivity index (χ0) is 21.3. The first-order valence-corrected chi connectivity index (χ1v) is 9.33. The van der Waals surface area contributed by atoms with Crippen LogP contribution in [0.2, 0.25) is 0 Å². The Balaban J connectivity index is 1.68. The maximum Gasteiger partial charge on any atom is 0.348 e. The van der Waals surface area contributed by atoms with E-state index >= 15 is 0 Å². The van der Waals surface area contributed by atoms with Crippen molar-refractivity contribution in [3.8, 4) is 11.5 Å². The van der Waals surface area contributed by atoms with Crippen molar-refractivity contribution in [1.29, 1.82) is 0 Å². The maximum atomic E-state index is 13.8. The van der Waals surface area contributed by atoms with Crippen molar-refractivity contribution >= 4 is 5.97 Å². The van der Waals surface area contributed by atoms with E-state index in [1.54, 1.807) is 55.5 Å². The van der Waals surface area contributed by atoms with Crippen LogP contribution in [0.3, 0.4) is 0 Å². The minimum atomic E-state index is -1.03. The van der Waals surface area contributed by atoms with Gasteiger partial charge in [0.05, 0.1) is 18.6 Å². The third-order valence-electron chi connectivity index (χ3n) is 4.94. The molecule has 1 aliphatic rings. The molecule has 2 atom stereocenters. The number of fused-ring (bicyclic) bond motifs is 1. The van der Waals surface area contributed by atoms with Gasteiger partial charge in [-0.1, -0.05) is 30.3 Å². The highest BCUT2D eigenvalue weighted by molar-refractivity contribution is 5.79. The smallest absolute Gasteiger partial charge is 0.348 e. The van der Waals surface area contributed by atoms with Crippen molar-refractivity contribution in [3.05, 3.63) is 93.3 Å². The van der Waals surface area contributed by atoms with E-state index in [9.17, 15) is 14.0 Å². The van der Waals surface area contributed by atoms with Gasteiger partial charge < -0.3 is 18.6 Å². The molecule has 0 fully saturated rings. The summed E-state index contributed by atoms with van der Waals surface area (Å²) in [6.07, 6.45) is -1.03. The van der Waals surface area contributed by atoms with Crippen LogP contribution in [0.25, 0.3) is 0 Å². The predicted molar refractivity (Wildman–Crippen MR) is 105 cm³/mol. The summed E-state index contributed by atoms with van der Waals surface area (Å²) in [7, 11) is 1.26. The highest BCUT2D eigenvalue weighted by Gasteiger charge is 2.44. The van der Waals surface area contributed by atoms with Crippen molar-refractivity contribution < 1.29 is 27.8 Å². The van der Waals surface area contributed by atoms with Gasteiger partial charge in [-0.25, -0.2) is 14.0 Å². The van der Waals surface area contributed by atoms with E-state index in [-0.39, 0.29) is 18.0 Å². The van der Waals surface area contributed by atoms with Gasteiger partial charge in [0.25, 0.3) is 0 Å². The molecule has 0 bridgehead atoms. The first-order valence-electron chi connectivity index (χ1n) is 9.33. The van der Waals surface area contributed by atoms with Gasteiger partial charge in [-0.2, -0.15) is 0 Å². The largest absolute Gasteiger partial charge is 0.489 e. The van der Waals surface area contributed by atoms with Crippen LogP contribution in [0.1, 0.15) is 28.4 Å². The van der Waals surface area contributed by atoms with Crippen LogP contribution in [0.15, 0.2) is 63.8 Å². The second kappa shape index (κ2) is 8.02. The van der Waals surface area contributed by atoms with Crippen LogP contribution >= 0.6 is 0 Å². The molecule has 0 radical (unpaired) electrons. The summed E-state index contributed by atoms with van der Waals surface area (Å²) in [5.41, 5.74) is 0.716. The summed E-state index contributed by atoms with van der Waals surface area (Å²) >= 11 is 0. The number of rotatable bonds is 5. The lowest BCUT2D eigenvalue weighted by Crippen LogP contribution is -2.31. The monoisotopic (exact) mass is 410 g/mol. The van der Waals surface area contributed by atoms with Gasteiger partial charge >= 0.3 is 11.6 Å². The number of aryl methyl sites for hydroxylation is 1. The van der Waals surface area contributed by atoms with E-state index < -0.39 is 23.6 Å². The fourth-order valence-electron chi connectivity index (χ4n) is 3.54. The van der Waals surface area contributed by atoms with Crippen LogP contribution in [0.5, 0.6) is 11.5 Å². The minimum Gasteiger partial charge on any atom is -0.489 e. The van der Waals surface area contributed by atoms with Gasteiger partial charge in [0.1, 0.15) is 29.7 Å². The number of methoxy groups -OCH3 is 1. The highest BCUT2D eigenvalue weighted by Crippen LogP contribution is 2.42. The number of hydrogen-bond acceptors (Lipinski definition) is 6. The number of ether oxygens (including phenoxy) is 3. The summed E-state index contributed by atoms with van der Waals surface area (Å²) in [4.78, 5) is 24.9. The molecular formula is C23H19FO6. The van der Waals surface area contributed by atoms with Crippen LogP contribution in [0.4, 0.5) is 4.39 Å². The second-order valence-electron chi connectivity index (χ2n) is 6.91. The zero-order valence-electron chi connectivity index (χ0n) is 16.4. The molecule has 0 spiro atoms. The van der Waals surface area contributed by atoms with Crippen molar-refractivity contribution in [3.63, 3.8) is 0 Å². The van der Waals surface area contributed by atoms with E-state index in [2.05, 4.69) is 0 Å². The molecule has 0 N–H and O–H groups in total. The Bertz CT molecular complexity index is 1150. The van der Waals surface area contributed by atoms with E-state index in [0.717, 1.165) is 0 Å². The quantitative estimate of drug-likeness (QED) is 0.597. The lowest BCUT2D eigenvalue weighted by Gasteiger charge is -2.17. The Morgan fingerprint density at radius 2 is 1.93 bits per heavy atom. The molecule has 0 aliphatic carbocycles. The van der Waals surface area contributed by atoms with Crippen LogP contribution in [-0.4, -0.2) is 19.2 Å². The molecule has 1 aromatic heterocycles. The third-order valence-corrected chi connectivity index (χ3v) is 4.94. The van der Waals surface area contributed by atoms with E-state index in [0.29, 0.717) is 28.4 Å². The predicted octanol–water partition coefficient (Wildman–Crippen LogP) is 3.73. The standard InChI is InChI=1S/C23H19FO6/c1-13-10-18-20(22(25)29-13)19(21(30-18)23(26)27-2)14-7-5-8-16(11-14)28-12-15-6-3-4-9-17(15)24/h3-11,19,21H,12H2,1-2H3/t19-,21+/m0/s1. The first kappa shape index (κ1) is 19.7. The summed E-state index contributed by atoms with van der Waals surface area (Å²) < 4.78 is 35.4. The van der Waals surface area contributed by atoms with E-state index in [4.69, 9.17) is 18.6 Å². The molecule has 6 nitrogen and oxygen atoms in total. The lowest BCUT2D eigenvalue weighted by atomic mass is 9.89. The van der Waals surface area contributed by atoms with Gasteiger partial charge in [-0.3, -0.25) is 0 Å². The Hall–Kier alpha value is -3.61. The average molecular weight is 410 g/mol. The molecule has 4 rings (SSSR count). The van der Waals surface area contributed by atoms with Gasteiger partial charge in [0.2, 0.25) is 6.10 Å². The van der Waals surface area contributed by atoms with Gasteiger partial charge in [0, 0.05) is 11.6 Å². The van der Waals surface area contributed by atoms with Gasteiger partial charge in [-0.15, -0.1) is 0 Å². The second-order valence-corrected chi connectivity index (χ2v) is 6.91. The van der Waals surface area contributed by atoms with Crippen molar-refractivity contribution in [2.24, 2.45) is 0 Å². The summed E-state index contributed by atoms with van der Waals surface area (Å²) in [5.74, 6) is -0.547. The third kappa shape index (κ3) is 3.66. The fraction of sp³-hybridized carbons (Fsp3) is 0.217. The molecule has 30 heavy (non-hydrogen) atoms. The highest BCUT2D eigenvalue weighted by atomic mass is 19.1. The number of benzene rings is 2. The maximum absolute atomic E-state index is 13.8. The molecule has 2 heterocycles. The molecule has 0 unspecified atom stereocenters. The molecule has 2 aromatic carbocycles. The SMILES string of the molecule is COC(=O)[C@@H]1Oc2cc(C)oc(=O)c2[C@@H]1c1cccc(OCc2ccccc2F)c1. The van der Waals surface area contributed by atoms with E-state index in [1.165, 1.54) is 13.2 Å². The Morgan fingerprint density at radius 1 is 1.13 bits per heavy atom. The number of carbonyl (C=O) groups excluding carboxylic acids is 1. The fourth-order valence-corrected chi connectivity index (χ4v) is 3.54. The van der Waals surface area contributed by atoms with Crippen LogP contribution in [0, 0.1) is 12.7 Å².